The van der Waals surface area contributed by atoms with E-state index in [0.29, 0.717) is 0 Å². The standard InChI is InChI=1S/C12H14ClN3O4/c1-16(2)10(17)6-14-12(20)15-9-4-7(11(18)19)3-8(13)5-9/h3-5H,6H2,1-2H3,(H,18,19)(H2,14,15,20). The van der Waals surface area contributed by atoms with Gasteiger partial charge in [0.25, 0.3) is 0 Å². The molecule has 1 aromatic carbocycles. The lowest BCUT2D eigenvalue weighted by atomic mass is 10.2. The third kappa shape index (κ3) is 4.77. The predicted molar refractivity (Wildman–Crippen MR) is 74.1 cm³/mol. The highest BCUT2D eigenvalue weighted by Gasteiger charge is 2.10. The van der Waals surface area contributed by atoms with Crippen LogP contribution in [-0.2, 0) is 4.79 Å². The van der Waals surface area contributed by atoms with Gasteiger partial charge in [-0.3, -0.25) is 4.79 Å². The molecule has 0 aliphatic heterocycles. The Morgan fingerprint density at radius 3 is 2.45 bits per heavy atom. The fourth-order valence-corrected chi connectivity index (χ4v) is 1.51. The van der Waals surface area contributed by atoms with Crippen LogP contribution in [0.15, 0.2) is 18.2 Å². The number of carboxylic acids is 1. The number of rotatable bonds is 4. The number of anilines is 1. The van der Waals surface area contributed by atoms with E-state index < -0.39 is 12.0 Å². The van der Waals surface area contributed by atoms with Gasteiger partial charge < -0.3 is 20.6 Å². The first-order valence-corrected chi connectivity index (χ1v) is 5.96. The molecule has 0 fully saturated rings. The molecule has 0 spiro atoms. The third-order valence-corrected chi connectivity index (χ3v) is 2.52. The third-order valence-electron chi connectivity index (χ3n) is 2.30. The van der Waals surface area contributed by atoms with Crippen molar-refractivity contribution in [2.45, 2.75) is 0 Å². The van der Waals surface area contributed by atoms with Gasteiger partial charge in [0.05, 0.1) is 12.1 Å². The number of benzene rings is 1. The van der Waals surface area contributed by atoms with Crippen LogP contribution >= 0.6 is 11.6 Å². The first kappa shape index (κ1) is 15.8. The van der Waals surface area contributed by atoms with Gasteiger partial charge in [0.2, 0.25) is 5.91 Å². The van der Waals surface area contributed by atoms with E-state index in [2.05, 4.69) is 10.6 Å². The topological polar surface area (TPSA) is 98.7 Å². The number of carbonyl (C=O) groups is 3. The van der Waals surface area contributed by atoms with Gasteiger partial charge in [-0.15, -0.1) is 0 Å². The summed E-state index contributed by atoms with van der Waals surface area (Å²) in [5, 5.41) is 13.8. The highest BCUT2D eigenvalue weighted by atomic mass is 35.5. The number of nitrogens with zero attached hydrogens (tertiary/aromatic N) is 1. The summed E-state index contributed by atoms with van der Waals surface area (Å²) in [6.07, 6.45) is 0. The van der Waals surface area contributed by atoms with E-state index in [4.69, 9.17) is 16.7 Å². The Morgan fingerprint density at radius 2 is 1.90 bits per heavy atom. The zero-order valence-corrected chi connectivity index (χ0v) is 11.7. The molecule has 0 aromatic heterocycles. The van der Waals surface area contributed by atoms with Crippen molar-refractivity contribution in [2.24, 2.45) is 0 Å². The van der Waals surface area contributed by atoms with Crippen LogP contribution < -0.4 is 10.6 Å². The smallest absolute Gasteiger partial charge is 0.335 e. The van der Waals surface area contributed by atoms with Crippen molar-refractivity contribution in [3.8, 4) is 0 Å². The highest BCUT2D eigenvalue weighted by Crippen LogP contribution is 2.19. The quantitative estimate of drug-likeness (QED) is 0.779. The van der Waals surface area contributed by atoms with E-state index in [1.54, 1.807) is 14.1 Å². The minimum Gasteiger partial charge on any atom is -0.478 e. The van der Waals surface area contributed by atoms with Crippen molar-refractivity contribution in [2.75, 3.05) is 26.0 Å². The molecule has 7 nitrogen and oxygen atoms in total. The van der Waals surface area contributed by atoms with E-state index in [1.165, 1.54) is 23.1 Å². The SMILES string of the molecule is CN(C)C(=O)CNC(=O)Nc1cc(Cl)cc(C(=O)O)c1. The highest BCUT2D eigenvalue weighted by molar-refractivity contribution is 6.31. The Hall–Kier alpha value is -2.28. The second-order valence-electron chi connectivity index (χ2n) is 4.13. The summed E-state index contributed by atoms with van der Waals surface area (Å²) in [5.41, 5.74) is 0.182. The molecule has 0 aliphatic carbocycles. The number of likely N-dealkylation sites (N-methyl/N-ethyl adjacent to an activating group) is 1. The lowest BCUT2D eigenvalue weighted by Crippen LogP contribution is -2.38. The number of halogens is 1. The summed E-state index contributed by atoms with van der Waals surface area (Å²) >= 11 is 5.75. The predicted octanol–water partition coefficient (Wildman–Crippen LogP) is 1.25. The molecule has 3 N–H and O–H groups in total. The molecule has 0 saturated carbocycles. The first-order valence-electron chi connectivity index (χ1n) is 5.58. The fraction of sp³-hybridized carbons (Fsp3) is 0.250. The Kier molecular flexibility index (Phi) is 5.33. The Labute approximate surface area is 120 Å². The summed E-state index contributed by atoms with van der Waals surface area (Å²) < 4.78 is 0. The van der Waals surface area contributed by atoms with Gasteiger partial charge in [0.15, 0.2) is 0 Å². The molecule has 0 unspecified atom stereocenters. The molecule has 0 heterocycles. The summed E-state index contributed by atoms with van der Waals surface area (Å²) in [7, 11) is 3.13. The van der Waals surface area contributed by atoms with Gasteiger partial charge in [0.1, 0.15) is 0 Å². The van der Waals surface area contributed by atoms with Crippen LogP contribution in [0.5, 0.6) is 0 Å². The van der Waals surface area contributed by atoms with E-state index in [-0.39, 0.29) is 28.7 Å². The summed E-state index contributed by atoms with van der Waals surface area (Å²) in [6.45, 7) is -0.162. The maximum atomic E-state index is 11.5. The second-order valence-corrected chi connectivity index (χ2v) is 4.57. The Bertz CT molecular complexity index is 546. The van der Waals surface area contributed by atoms with Crippen molar-refractivity contribution in [3.63, 3.8) is 0 Å². The second kappa shape index (κ2) is 6.76. The van der Waals surface area contributed by atoms with Gasteiger partial charge in [-0.1, -0.05) is 11.6 Å². The van der Waals surface area contributed by atoms with Crippen molar-refractivity contribution in [1.29, 1.82) is 0 Å². The molecule has 0 radical (unpaired) electrons. The average molecular weight is 300 g/mol. The van der Waals surface area contributed by atoms with Crippen LogP contribution in [0.1, 0.15) is 10.4 Å². The van der Waals surface area contributed by atoms with E-state index in [1.807, 2.05) is 0 Å². The van der Waals surface area contributed by atoms with Crippen molar-refractivity contribution in [1.82, 2.24) is 10.2 Å². The minimum absolute atomic E-state index is 0.0443. The van der Waals surface area contributed by atoms with E-state index in [0.717, 1.165) is 0 Å². The summed E-state index contributed by atoms with van der Waals surface area (Å²) in [4.78, 5) is 35.0. The molecule has 8 heteroatoms. The zero-order chi connectivity index (χ0) is 15.3. The summed E-state index contributed by atoms with van der Waals surface area (Å²) in [5.74, 6) is -1.42. The molecule has 0 bridgehead atoms. The van der Waals surface area contributed by atoms with Gasteiger partial charge >= 0.3 is 12.0 Å². The maximum Gasteiger partial charge on any atom is 0.335 e. The number of aromatic carboxylic acids is 1. The Morgan fingerprint density at radius 1 is 1.25 bits per heavy atom. The largest absolute Gasteiger partial charge is 0.478 e. The van der Waals surface area contributed by atoms with Gasteiger partial charge in [0, 0.05) is 24.8 Å². The number of nitrogens with one attached hydrogen (secondary N) is 2. The average Bonchev–Trinajstić information content (AvgIpc) is 2.34. The lowest BCUT2D eigenvalue weighted by molar-refractivity contribution is -0.127. The molecule has 0 saturated heterocycles. The van der Waals surface area contributed by atoms with Crippen LogP contribution in [0.4, 0.5) is 10.5 Å². The molecular weight excluding hydrogens is 286 g/mol. The number of urea groups is 1. The van der Waals surface area contributed by atoms with Gasteiger partial charge in [-0.25, -0.2) is 9.59 Å². The summed E-state index contributed by atoms with van der Waals surface area (Å²) in [6, 6.07) is 3.31. The normalized spacial score (nSPS) is 9.75. The molecule has 0 aliphatic rings. The molecular formula is C12H14ClN3O4. The number of hydrogen-bond donors (Lipinski definition) is 3. The molecule has 1 rings (SSSR count). The molecule has 0 atom stereocenters. The zero-order valence-electron chi connectivity index (χ0n) is 10.9. The fourth-order valence-electron chi connectivity index (χ4n) is 1.27. The number of hydrogen-bond acceptors (Lipinski definition) is 3. The van der Waals surface area contributed by atoms with Crippen LogP contribution in [-0.4, -0.2) is 48.6 Å². The monoisotopic (exact) mass is 299 g/mol. The Balaban J connectivity index is 2.66. The van der Waals surface area contributed by atoms with Crippen molar-refractivity contribution < 1.29 is 19.5 Å². The number of carboxylic acid groups (broad SMARTS) is 1. The molecule has 108 valence electrons. The van der Waals surface area contributed by atoms with Crippen LogP contribution in [0.2, 0.25) is 5.02 Å². The van der Waals surface area contributed by atoms with Crippen LogP contribution in [0.3, 0.4) is 0 Å². The maximum absolute atomic E-state index is 11.5. The first-order chi connectivity index (χ1) is 9.29. The van der Waals surface area contributed by atoms with Crippen LogP contribution in [0.25, 0.3) is 0 Å². The lowest BCUT2D eigenvalue weighted by Gasteiger charge is -2.12. The van der Waals surface area contributed by atoms with Crippen LogP contribution in [0, 0.1) is 0 Å². The van der Waals surface area contributed by atoms with Gasteiger partial charge in [-0.05, 0) is 18.2 Å². The molecule has 20 heavy (non-hydrogen) atoms. The minimum atomic E-state index is -1.15. The number of carbonyl (C=O) groups excluding carboxylic acids is 2. The van der Waals surface area contributed by atoms with Crippen molar-refractivity contribution >= 4 is 35.2 Å². The van der Waals surface area contributed by atoms with Gasteiger partial charge in [-0.2, -0.15) is 0 Å². The number of amides is 3. The molecule has 1 aromatic rings. The van der Waals surface area contributed by atoms with E-state index >= 15 is 0 Å². The van der Waals surface area contributed by atoms with E-state index in [9.17, 15) is 14.4 Å². The van der Waals surface area contributed by atoms with Crippen molar-refractivity contribution in [3.05, 3.63) is 28.8 Å². The molecule has 3 amide bonds.